The monoisotopic (exact) mass is 480 g/mol. The number of esters is 1. The molecule has 1 amide bonds. The maximum Gasteiger partial charge on any atom is 0.339 e. The zero-order valence-corrected chi connectivity index (χ0v) is 19.2. The van der Waals surface area contributed by atoms with Crippen LogP contribution in [0.25, 0.3) is 0 Å². The summed E-state index contributed by atoms with van der Waals surface area (Å²) in [5, 5.41) is 3.45. The van der Waals surface area contributed by atoms with Gasteiger partial charge >= 0.3 is 5.97 Å². The lowest BCUT2D eigenvalue weighted by molar-refractivity contribution is -0.126. The molecule has 1 aliphatic rings. The second-order valence-corrected chi connectivity index (χ2v) is 9.60. The number of amides is 1. The van der Waals surface area contributed by atoms with Gasteiger partial charge in [-0.1, -0.05) is 23.7 Å². The lowest BCUT2D eigenvalue weighted by Crippen LogP contribution is -2.43. The lowest BCUT2D eigenvalue weighted by atomic mass is 9.97. The number of sulfonamides is 1. The summed E-state index contributed by atoms with van der Waals surface area (Å²) in [6.45, 7) is 1.03. The summed E-state index contributed by atoms with van der Waals surface area (Å²) < 4.78 is 37.7. The highest BCUT2D eigenvalue weighted by atomic mass is 35.5. The van der Waals surface area contributed by atoms with E-state index in [0.717, 1.165) is 0 Å². The van der Waals surface area contributed by atoms with Gasteiger partial charge in [0.15, 0.2) is 0 Å². The largest absolute Gasteiger partial charge is 0.492 e. The lowest BCUT2D eigenvalue weighted by Gasteiger charge is -2.30. The molecule has 32 heavy (non-hydrogen) atoms. The molecule has 0 aliphatic carbocycles. The second kappa shape index (κ2) is 10.8. The normalized spacial score (nSPS) is 15.2. The fourth-order valence-electron chi connectivity index (χ4n) is 3.49. The number of carbonyl (C=O) groups is 2. The minimum Gasteiger partial charge on any atom is -0.492 e. The zero-order chi connectivity index (χ0) is 23.1. The summed E-state index contributed by atoms with van der Waals surface area (Å²) in [5.74, 6) is -0.460. The van der Waals surface area contributed by atoms with Gasteiger partial charge in [0.2, 0.25) is 15.9 Å². The number of benzene rings is 2. The van der Waals surface area contributed by atoms with Crippen LogP contribution in [0.1, 0.15) is 23.2 Å². The number of piperidine rings is 1. The Morgan fingerprint density at radius 2 is 1.75 bits per heavy atom. The topological polar surface area (TPSA) is 102 Å². The maximum absolute atomic E-state index is 13.1. The van der Waals surface area contributed by atoms with Crippen molar-refractivity contribution in [3.05, 3.63) is 59.1 Å². The molecule has 2 aromatic rings. The van der Waals surface area contributed by atoms with Gasteiger partial charge < -0.3 is 14.8 Å². The Morgan fingerprint density at radius 1 is 1.09 bits per heavy atom. The van der Waals surface area contributed by atoms with Crippen molar-refractivity contribution in [3.63, 3.8) is 0 Å². The standard InChI is InChI=1S/C22H25ClN2O6S/c1-30-22(27)19-4-2-3-5-20(19)32(28,29)25-13-10-16(11-14-25)21(26)24-12-15-31-18-8-6-17(23)7-9-18/h2-9,16H,10-15H2,1H3,(H,24,26). The molecule has 0 bridgehead atoms. The number of ether oxygens (including phenoxy) is 2. The summed E-state index contributed by atoms with van der Waals surface area (Å²) in [4.78, 5) is 24.3. The number of hydrogen-bond acceptors (Lipinski definition) is 6. The predicted octanol–water partition coefficient (Wildman–Crippen LogP) is 2.72. The molecule has 1 fully saturated rings. The molecule has 1 N–H and O–H groups in total. The second-order valence-electron chi connectivity index (χ2n) is 7.26. The van der Waals surface area contributed by atoms with E-state index in [1.807, 2.05) is 0 Å². The smallest absolute Gasteiger partial charge is 0.339 e. The summed E-state index contributed by atoms with van der Waals surface area (Å²) in [5.41, 5.74) is -0.00412. The number of hydrogen-bond donors (Lipinski definition) is 1. The molecule has 0 spiro atoms. The van der Waals surface area contributed by atoms with Crippen molar-refractivity contribution in [2.24, 2.45) is 5.92 Å². The first-order valence-electron chi connectivity index (χ1n) is 10.2. The highest BCUT2D eigenvalue weighted by molar-refractivity contribution is 7.89. The predicted molar refractivity (Wildman–Crippen MR) is 119 cm³/mol. The zero-order valence-electron chi connectivity index (χ0n) is 17.6. The van der Waals surface area contributed by atoms with Gasteiger partial charge in [-0.2, -0.15) is 4.31 Å². The number of nitrogens with zero attached hydrogens (tertiary/aromatic N) is 1. The van der Waals surface area contributed by atoms with Crippen molar-refractivity contribution >= 4 is 33.5 Å². The summed E-state index contributed by atoms with van der Waals surface area (Å²) in [7, 11) is -2.68. The number of halogens is 1. The third kappa shape index (κ3) is 5.79. The Bertz CT molecular complexity index is 1050. The SMILES string of the molecule is COC(=O)c1ccccc1S(=O)(=O)N1CCC(C(=O)NCCOc2ccc(Cl)cc2)CC1. The van der Waals surface area contributed by atoms with E-state index in [2.05, 4.69) is 5.32 Å². The minimum absolute atomic E-state index is 0.00412. The molecule has 0 radical (unpaired) electrons. The molecule has 1 saturated heterocycles. The van der Waals surface area contributed by atoms with Crippen molar-refractivity contribution in [2.45, 2.75) is 17.7 Å². The molecule has 10 heteroatoms. The van der Waals surface area contributed by atoms with Crippen molar-refractivity contribution < 1.29 is 27.5 Å². The molecule has 1 aliphatic heterocycles. The summed E-state index contributed by atoms with van der Waals surface area (Å²) >= 11 is 5.83. The fraction of sp³-hybridized carbons (Fsp3) is 0.364. The van der Waals surface area contributed by atoms with E-state index >= 15 is 0 Å². The van der Waals surface area contributed by atoms with Gasteiger partial charge in [0.25, 0.3) is 0 Å². The van der Waals surface area contributed by atoms with E-state index in [0.29, 0.717) is 36.8 Å². The molecule has 3 rings (SSSR count). The van der Waals surface area contributed by atoms with Gasteiger partial charge in [-0.25, -0.2) is 13.2 Å². The van der Waals surface area contributed by atoms with Crippen LogP contribution in [0.2, 0.25) is 5.02 Å². The molecule has 0 unspecified atom stereocenters. The Labute approximate surface area is 192 Å². The van der Waals surface area contributed by atoms with E-state index in [1.54, 1.807) is 36.4 Å². The molecular formula is C22H25ClN2O6S. The van der Waals surface area contributed by atoms with Gasteiger partial charge in [-0.05, 0) is 49.2 Å². The first-order chi connectivity index (χ1) is 15.3. The number of nitrogens with one attached hydrogen (secondary N) is 1. The quantitative estimate of drug-likeness (QED) is 0.460. The van der Waals surface area contributed by atoms with Crippen LogP contribution in [0.4, 0.5) is 0 Å². The van der Waals surface area contributed by atoms with Gasteiger partial charge in [0, 0.05) is 24.0 Å². The average Bonchev–Trinajstić information content (AvgIpc) is 2.82. The molecule has 2 aromatic carbocycles. The Hall–Kier alpha value is -2.62. The van der Waals surface area contributed by atoms with Crippen LogP contribution >= 0.6 is 11.6 Å². The van der Waals surface area contributed by atoms with Crippen molar-refractivity contribution in [2.75, 3.05) is 33.4 Å². The summed E-state index contributed by atoms with van der Waals surface area (Å²) in [6, 6.07) is 12.9. The summed E-state index contributed by atoms with van der Waals surface area (Å²) in [6.07, 6.45) is 0.785. The van der Waals surface area contributed by atoms with E-state index < -0.39 is 16.0 Å². The van der Waals surface area contributed by atoms with E-state index in [-0.39, 0.29) is 35.4 Å². The number of methoxy groups -OCH3 is 1. The third-order valence-electron chi connectivity index (χ3n) is 5.22. The fourth-order valence-corrected chi connectivity index (χ4v) is 5.26. The van der Waals surface area contributed by atoms with Gasteiger partial charge in [0.1, 0.15) is 12.4 Å². The molecule has 8 nitrogen and oxygen atoms in total. The van der Waals surface area contributed by atoms with Gasteiger partial charge in [-0.15, -0.1) is 0 Å². The van der Waals surface area contributed by atoms with Crippen LogP contribution in [0.3, 0.4) is 0 Å². The van der Waals surface area contributed by atoms with Crippen molar-refractivity contribution in [1.29, 1.82) is 0 Å². The molecule has 1 heterocycles. The highest BCUT2D eigenvalue weighted by Crippen LogP contribution is 2.26. The van der Waals surface area contributed by atoms with Crippen LogP contribution in [0, 0.1) is 5.92 Å². The molecule has 0 aromatic heterocycles. The Kier molecular flexibility index (Phi) is 8.11. The Morgan fingerprint density at radius 3 is 2.41 bits per heavy atom. The van der Waals surface area contributed by atoms with Crippen molar-refractivity contribution in [3.8, 4) is 5.75 Å². The first kappa shape index (κ1) is 24.0. The van der Waals surface area contributed by atoms with Crippen LogP contribution < -0.4 is 10.1 Å². The van der Waals surface area contributed by atoms with Crippen LogP contribution in [-0.2, 0) is 19.6 Å². The average molecular weight is 481 g/mol. The number of carbonyl (C=O) groups excluding carboxylic acids is 2. The Balaban J connectivity index is 1.50. The van der Waals surface area contributed by atoms with Crippen LogP contribution in [0.5, 0.6) is 5.75 Å². The van der Waals surface area contributed by atoms with E-state index in [4.69, 9.17) is 21.1 Å². The highest BCUT2D eigenvalue weighted by Gasteiger charge is 2.34. The molecular weight excluding hydrogens is 456 g/mol. The van der Waals surface area contributed by atoms with E-state index in [9.17, 15) is 18.0 Å². The van der Waals surface area contributed by atoms with Gasteiger partial charge in [-0.3, -0.25) is 4.79 Å². The van der Waals surface area contributed by atoms with Gasteiger partial charge in [0.05, 0.1) is 24.1 Å². The number of rotatable bonds is 8. The minimum atomic E-state index is -3.88. The molecule has 172 valence electrons. The van der Waals surface area contributed by atoms with E-state index in [1.165, 1.54) is 23.5 Å². The molecule has 0 atom stereocenters. The molecule has 0 saturated carbocycles. The van der Waals surface area contributed by atoms with Crippen LogP contribution in [0.15, 0.2) is 53.4 Å². The maximum atomic E-state index is 13.1. The third-order valence-corrected chi connectivity index (χ3v) is 7.43. The first-order valence-corrected chi connectivity index (χ1v) is 12.0. The van der Waals surface area contributed by atoms with Crippen molar-refractivity contribution in [1.82, 2.24) is 9.62 Å². The van der Waals surface area contributed by atoms with Crippen LogP contribution in [-0.4, -0.2) is 58.0 Å².